The summed E-state index contributed by atoms with van der Waals surface area (Å²) in [6.45, 7) is 0. The Labute approximate surface area is 75.9 Å². The summed E-state index contributed by atoms with van der Waals surface area (Å²) in [5.74, 6) is 0. The fraction of sp³-hybridized carbons (Fsp3) is 0. The summed E-state index contributed by atoms with van der Waals surface area (Å²) in [7, 11) is 2.57. The Morgan fingerprint density at radius 3 is 3.09 bits per heavy atom. The maximum atomic E-state index is 5.20. The molecule has 11 heavy (non-hydrogen) atoms. The Morgan fingerprint density at radius 2 is 2.27 bits per heavy atom. The van der Waals surface area contributed by atoms with E-state index in [0.717, 1.165) is 4.64 Å². The molecule has 0 amide bonds. The molecule has 0 aliphatic carbocycles. The van der Waals surface area contributed by atoms with Crippen molar-refractivity contribution in [3.8, 4) is 0 Å². The lowest BCUT2D eigenvalue weighted by Gasteiger charge is -1.96. The lowest BCUT2D eigenvalue weighted by molar-refractivity contribution is 1.24. The Kier molecular flexibility index (Phi) is 1.80. The van der Waals surface area contributed by atoms with E-state index < -0.39 is 0 Å². The Hall–Kier alpha value is -0.240. The Bertz CT molecular complexity index is 443. The average molecular weight is 199 g/mol. The quantitative estimate of drug-likeness (QED) is 0.466. The maximum absolute atomic E-state index is 5.20. The molecule has 0 spiro atoms. The standard InChI is InChI=1S/C7H6NPS2/c9-8-3-1-5-2-4-11-6(5)7(8)10/h1-4H,9H2. The number of fused-ring (bicyclic) bond motifs is 1. The van der Waals surface area contributed by atoms with E-state index in [9.17, 15) is 0 Å². The molecular weight excluding hydrogens is 193 g/mol. The molecule has 56 valence electrons. The monoisotopic (exact) mass is 199 g/mol. The molecule has 1 atom stereocenters. The summed E-state index contributed by atoms with van der Waals surface area (Å²) in [4.78, 5) is 0. The van der Waals surface area contributed by atoms with Crippen LogP contribution in [0.3, 0.4) is 0 Å². The molecule has 1 unspecified atom stereocenters. The second-order valence-electron chi connectivity index (χ2n) is 2.23. The molecule has 0 aliphatic heterocycles. The summed E-state index contributed by atoms with van der Waals surface area (Å²) < 4.78 is 3.97. The van der Waals surface area contributed by atoms with Crippen LogP contribution in [0.15, 0.2) is 23.7 Å². The molecule has 0 saturated carbocycles. The van der Waals surface area contributed by atoms with Crippen LogP contribution in [0.5, 0.6) is 0 Å². The van der Waals surface area contributed by atoms with Crippen LogP contribution in [0, 0.1) is 4.64 Å². The molecule has 4 heteroatoms. The zero-order valence-electron chi connectivity index (χ0n) is 5.65. The van der Waals surface area contributed by atoms with E-state index in [1.807, 2.05) is 10.5 Å². The second-order valence-corrected chi connectivity index (χ2v) is 4.09. The molecule has 0 aliphatic rings. The van der Waals surface area contributed by atoms with Crippen molar-refractivity contribution in [2.45, 2.75) is 0 Å². The van der Waals surface area contributed by atoms with E-state index in [-0.39, 0.29) is 0 Å². The molecule has 0 N–H and O–H groups in total. The lowest BCUT2D eigenvalue weighted by atomic mass is 10.3. The van der Waals surface area contributed by atoms with Gasteiger partial charge >= 0.3 is 0 Å². The predicted octanol–water partition coefficient (Wildman–Crippen LogP) is 3.07. The third-order valence-electron chi connectivity index (χ3n) is 1.54. The number of rotatable bonds is 0. The largest absolute Gasteiger partial charge is 0.323 e. The first kappa shape index (κ1) is 7.41. The van der Waals surface area contributed by atoms with Gasteiger partial charge in [-0.3, -0.25) is 0 Å². The number of hydrogen-bond donors (Lipinski definition) is 0. The van der Waals surface area contributed by atoms with Crippen LogP contribution in [-0.4, -0.2) is 4.34 Å². The van der Waals surface area contributed by atoms with Gasteiger partial charge in [0.2, 0.25) is 0 Å². The van der Waals surface area contributed by atoms with Gasteiger partial charge in [0.15, 0.2) is 0 Å². The third-order valence-corrected chi connectivity index (χ3v) is 3.64. The van der Waals surface area contributed by atoms with Gasteiger partial charge in [0.1, 0.15) is 4.64 Å². The van der Waals surface area contributed by atoms with Crippen LogP contribution in [0.2, 0.25) is 0 Å². The zero-order valence-corrected chi connectivity index (χ0v) is 8.44. The van der Waals surface area contributed by atoms with Gasteiger partial charge in [0, 0.05) is 6.20 Å². The van der Waals surface area contributed by atoms with Crippen LogP contribution in [-0.2, 0) is 0 Å². The maximum Gasteiger partial charge on any atom is 0.126 e. The van der Waals surface area contributed by atoms with Gasteiger partial charge in [-0.1, -0.05) is 12.2 Å². The SMILES string of the molecule is Pn1ccc2ccsc2c1=S. The Morgan fingerprint density at radius 1 is 1.45 bits per heavy atom. The molecule has 0 aromatic carbocycles. The molecule has 2 aromatic rings. The lowest BCUT2D eigenvalue weighted by Crippen LogP contribution is -1.80. The van der Waals surface area contributed by atoms with Crippen molar-refractivity contribution in [1.29, 1.82) is 0 Å². The van der Waals surface area contributed by atoms with Gasteiger partial charge in [-0.2, -0.15) is 0 Å². The van der Waals surface area contributed by atoms with Gasteiger partial charge in [0.25, 0.3) is 0 Å². The number of hydrogen-bond acceptors (Lipinski definition) is 2. The summed E-state index contributed by atoms with van der Waals surface area (Å²) in [6.07, 6.45) is 1.96. The first-order chi connectivity index (χ1) is 5.29. The average Bonchev–Trinajstić information content (AvgIpc) is 2.45. The molecule has 2 aromatic heterocycles. The zero-order chi connectivity index (χ0) is 7.84. The minimum absolute atomic E-state index is 0.891. The van der Waals surface area contributed by atoms with Crippen LogP contribution in [0.25, 0.3) is 10.1 Å². The topological polar surface area (TPSA) is 4.93 Å². The number of thiophene rings is 1. The molecular formula is C7H6NPS2. The van der Waals surface area contributed by atoms with Gasteiger partial charge in [-0.15, -0.1) is 11.3 Å². The van der Waals surface area contributed by atoms with Crippen molar-refractivity contribution in [2.24, 2.45) is 0 Å². The van der Waals surface area contributed by atoms with E-state index in [0.29, 0.717) is 0 Å². The first-order valence-corrected chi connectivity index (χ1v) is 4.93. The summed E-state index contributed by atoms with van der Waals surface area (Å²) in [6, 6.07) is 4.15. The molecule has 0 fully saturated rings. The summed E-state index contributed by atoms with van der Waals surface area (Å²) >= 11 is 6.89. The highest BCUT2D eigenvalue weighted by molar-refractivity contribution is 7.72. The van der Waals surface area contributed by atoms with Gasteiger partial charge in [0.05, 0.1) is 4.70 Å². The third kappa shape index (κ3) is 1.13. The van der Waals surface area contributed by atoms with Crippen molar-refractivity contribution in [2.75, 3.05) is 0 Å². The highest BCUT2D eigenvalue weighted by Crippen LogP contribution is 2.22. The van der Waals surface area contributed by atoms with Crippen molar-refractivity contribution < 1.29 is 0 Å². The summed E-state index contributed by atoms with van der Waals surface area (Å²) in [5.41, 5.74) is 0. The molecule has 1 nitrogen and oxygen atoms in total. The number of aromatic nitrogens is 1. The molecule has 0 radical (unpaired) electrons. The van der Waals surface area contributed by atoms with Crippen molar-refractivity contribution in [3.05, 3.63) is 28.4 Å². The minimum Gasteiger partial charge on any atom is -0.323 e. The van der Waals surface area contributed by atoms with E-state index in [1.54, 1.807) is 11.3 Å². The minimum atomic E-state index is 0.891. The highest BCUT2D eigenvalue weighted by atomic mass is 32.1. The second kappa shape index (κ2) is 2.67. The molecule has 0 saturated heterocycles. The van der Waals surface area contributed by atoms with Crippen molar-refractivity contribution in [1.82, 2.24) is 4.34 Å². The molecule has 0 bridgehead atoms. The first-order valence-electron chi connectivity index (χ1n) is 3.13. The van der Waals surface area contributed by atoms with Crippen LogP contribution >= 0.6 is 32.9 Å². The van der Waals surface area contributed by atoms with E-state index in [2.05, 4.69) is 26.9 Å². The molecule has 2 heterocycles. The van der Waals surface area contributed by atoms with Crippen LogP contribution in [0.1, 0.15) is 0 Å². The van der Waals surface area contributed by atoms with Gasteiger partial charge in [-0.05, 0) is 32.3 Å². The normalized spacial score (nSPS) is 10.6. The van der Waals surface area contributed by atoms with Crippen LogP contribution in [0.4, 0.5) is 0 Å². The van der Waals surface area contributed by atoms with Crippen LogP contribution < -0.4 is 0 Å². The highest BCUT2D eigenvalue weighted by Gasteiger charge is 1.96. The number of nitrogens with zero attached hydrogens (tertiary/aromatic N) is 1. The van der Waals surface area contributed by atoms with Gasteiger partial charge in [-0.25, -0.2) is 0 Å². The fourth-order valence-electron chi connectivity index (χ4n) is 0.970. The van der Waals surface area contributed by atoms with E-state index in [1.165, 1.54) is 10.1 Å². The number of pyridine rings is 1. The van der Waals surface area contributed by atoms with Crippen molar-refractivity contribution in [3.63, 3.8) is 0 Å². The van der Waals surface area contributed by atoms with Crippen molar-refractivity contribution >= 4 is 43.0 Å². The van der Waals surface area contributed by atoms with Gasteiger partial charge < -0.3 is 4.34 Å². The summed E-state index contributed by atoms with van der Waals surface area (Å²) in [5, 5.41) is 3.30. The van der Waals surface area contributed by atoms with E-state index >= 15 is 0 Å². The van der Waals surface area contributed by atoms with E-state index in [4.69, 9.17) is 12.2 Å². The fourth-order valence-corrected chi connectivity index (χ4v) is 2.43. The predicted molar refractivity (Wildman–Crippen MR) is 55.8 cm³/mol. The molecule has 2 rings (SSSR count). The smallest absolute Gasteiger partial charge is 0.126 e. The Balaban J connectivity index is 3.05.